The van der Waals surface area contributed by atoms with Crippen molar-refractivity contribution in [1.82, 2.24) is 0 Å². The number of carboxylic acid groups (broad SMARTS) is 1. The lowest BCUT2D eigenvalue weighted by molar-refractivity contribution is -0.136. The molecule has 1 rings (SSSR count). The number of aryl methyl sites for hydroxylation is 1. The zero-order chi connectivity index (χ0) is 12.1. The van der Waals surface area contributed by atoms with Gasteiger partial charge in [-0.1, -0.05) is 18.2 Å². The molecule has 0 amide bonds. The van der Waals surface area contributed by atoms with Crippen molar-refractivity contribution >= 4 is 23.4 Å². The zero-order valence-corrected chi connectivity index (χ0v) is 9.75. The van der Waals surface area contributed by atoms with Crippen molar-refractivity contribution in [2.75, 3.05) is 5.88 Å². The molecule has 0 radical (unpaired) electrons. The van der Waals surface area contributed by atoms with E-state index in [1.165, 1.54) is 0 Å². The van der Waals surface area contributed by atoms with Crippen molar-refractivity contribution in [2.45, 2.75) is 19.8 Å². The number of carbonyl (C=O) groups is 2. The number of hydrogen-bond acceptors (Lipinski definition) is 2. The standard InChI is InChI=1S/C12H13ClO3/c1-8-2-3-9(5-11(14)7-13)4-10(8)6-12(15)16/h2-4H,5-7H2,1H3,(H,15,16). The number of carbonyl (C=O) groups excluding carboxylic acids is 1. The van der Waals surface area contributed by atoms with Crippen molar-refractivity contribution in [3.63, 3.8) is 0 Å². The summed E-state index contributed by atoms with van der Waals surface area (Å²) in [5, 5.41) is 8.72. The fraction of sp³-hybridized carbons (Fsp3) is 0.333. The Morgan fingerprint density at radius 3 is 2.56 bits per heavy atom. The van der Waals surface area contributed by atoms with Crippen LogP contribution in [0, 0.1) is 6.92 Å². The Balaban J connectivity index is 2.88. The molecular formula is C12H13ClO3. The maximum atomic E-state index is 11.2. The summed E-state index contributed by atoms with van der Waals surface area (Å²) in [7, 11) is 0. The highest BCUT2D eigenvalue weighted by Crippen LogP contribution is 2.13. The summed E-state index contributed by atoms with van der Waals surface area (Å²) in [4.78, 5) is 21.8. The number of alkyl halides is 1. The van der Waals surface area contributed by atoms with Gasteiger partial charge in [-0.05, 0) is 23.6 Å². The van der Waals surface area contributed by atoms with Crippen LogP contribution >= 0.6 is 11.6 Å². The van der Waals surface area contributed by atoms with E-state index < -0.39 is 5.97 Å². The maximum absolute atomic E-state index is 11.2. The molecule has 4 heteroatoms. The van der Waals surface area contributed by atoms with Crippen LogP contribution < -0.4 is 0 Å². The van der Waals surface area contributed by atoms with Gasteiger partial charge < -0.3 is 5.11 Å². The smallest absolute Gasteiger partial charge is 0.307 e. The van der Waals surface area contributed by atoms with E-state index in [1.54, 1.807) is 6.07 Å². The summed E-state index contributed by atoms with van der Waals surface area (Å²) >= 11 is 5.41. The van der Waals surface area contributed by atoms with Crippen molar-refractivity contribution in [3.8, 4) is 0 Å². The van der Waals surface area contributed by atoms with Crippen LogP contribution in [-0.2, 0) is 22.4 Å². The van der Waals surface area contributed by atoms with Crippen LogP contribution in [0.15, 0.2) is 18.2 Å². The third-order valence-electron chi connectivity index (χ3n) is 2.31. The molecule has 1 N–H and O–H groups in total. The lowest BCUT2D eigenvalue weighted by atomic mass is 10.00. The van der Waals surface area contributed by atoms with Gasteiger partial charge >= 0.3 is 5.97 Å². The maximum Gasteiger partial charge on any atom is 0.307 e. The molecule has 0 spiro atoms. The molecule has 0 heterocycles. The summed E-state index contributed by atoms with van der Waals surface area (Å²) in [6.07, 6.45) is 0.241. The first kappa shape index (κ1) is 12.7. The monoisotopic (exact) mass is 240 g/mol. The van der Waals surface area contributed by atoms with E-state index in [1.807, 2.05) is 19.1 Å². The highest BCUT2D eigenvalue weighted by Gasteiger charge is 2.07. The highest BCUT2D eigenvalue weighted by molar-refractivity contribution is 6.27. The van der Waals surface area contributed by atoms with Crippen LogP contribution in [0.2, 0.25) is 0 Å². The minimum Gasteiger partial charge on any atom is -0.481 e. The number of halogens is 1. The number of ketones is 1. The van der Waals surface area contributed by atoms with Gasteiger partial charge in [-0.15, -0.1) is 11.6 Å². The molecule has 0 saturated carbocycles. The predicted octanol–water partition coefficient (Wildman–Crippen LogP) is 1.97. The average Bonchev–Trinajstić information content (AvgIpc) is 2.22. The quantitative estimate of drug-likeness (QED) is 0.801. The molecule has 0 aliphatic carbocycles. The molecule has 1 aromatic rings. The number of hydrogen-bond donors (Lipinski definition) is 1. The Hall–Kier alpha value is -1.35. The molecule has 0 unspecified atom stereocenters. The topological polar surface area (TPSA) is 54.4 Å². The first-order chi connectivity index (χ1) is 7.52. The van der Waals surface area contributed by atoms with Gasteiger partial charge in [0.15, 0.2) is 5.78 Å². The van der Waals surface area contributed by atoms with Gasteiger partial charge in [0.2, 0.25) is 0 Å². The van der Waals surface area contributed by atoms with E-state index in [-0.39, 0.29) is 24.5 Å². The number of carboxylic acids is 1. The fourth-order valence-corrected chi connectivity index (χ4v) is 1.56. The Labute approximate surface area is 99.0 Å². The van der Waals surface area contributed by atoms with Crippen LogP contribution in [0.4, 0.5) is 0 Å². The van der Waals surface area contributed by atoms with Gasteiger partial charge in [0, 0.05) is 6.42 Å². The van der Waals surface area contributed by atoms with E-state index in [4.69, 9.17) is 16.7 Å². The normalized spacial score (nSPS) is 10.1. The molecule has 86 valence electrons. The van der Waals surface area contributed by atoms with Crippen molar-refractivity contribution in [2.24, 2.45) is 0 Å². The van der Waals surface area contributed by atoms with Gasteiger partial charge in [0.25, 0.3) is 0 Å². The molecule has 0 saturated heterocycles. The van der Waals surface area contributed by atoms with Crippen molar-refractivity contribution < 1.29 is 14.7 Å². The minimum absolute atomic E-state index is 0.0118. The molecule has 0 bridgehead atoms. The van der Waals surface area contributed by atoms with Crippen LogP contribution in [0.25, 0.3) is 0 Å². The van der Waals surface area contributed by atoms with Crippen LogP contribution in [0.5, 0.6) is 0 Å². The summed E-state index contributed by atoms with van der Waals surface area (Å²) in [6, 6.07) is 5.41. The third-order valence-corrected chi connectivity index (χ3v) is 2.60. The van der Waals surface area contributed by atoms with E-state index in [9.17, 15) is 9.59 Å². The minimum atomic E-state index is -0.871. The van der Waals surface area contributed by atoms with Crippen molar-refractivity contribution in [3.05, 3.63) is 34.9 Å². The fourth-order valence-electron chi connectivity index (χ4n) is 1.46. The molecule has 0 fully saturated rings. The van der Waals surface area contributed by atoms with Gasteiger partial charge in [0.05, 0.1) is 12.3 Å². The van der Waals surface area contributed by atoms with Crippen LogP contribution in [0.3, 0.4) is 0 Å². The number of Topliss-reactive ketones (excluding diaryl/α,β-unsaturated/α-hetero) is 1. The molecule has 0 aromatic heterocycles. The van der Waals surface area contributed by atoms with Gasteiger partial charge in [0.1, 0.15) is 0 Å². The highest BCUT2D eigenvalue weighted by atomic mass is 35.5. The molecular weight excluding hydrogens is 228 g/mol. The molecule has 0 aliphatic rings. The predicted molar refractivity (Wildman–Crippen MR) is 61.9 cm³/mol. The summed E-state index contributed by atoms with van der Waals surface area (Å²) in [5.41, 5.74) is 2.48. The van der Waals surface area contributed by atoms with E-state index in [2.05, 4.69) is 0 Å². The largest absolute Gasteiger partial charge is 0.481 e. The van der Waals surface area contributed by atoms with E-state index >= 15 is 0 Å². The van der Waals surface area contributed by atoms with E-state index in [0.717, 1.165) is 16.7 Å². The lowest BCUT2D eigenvalue weighted by Gasteiger charge is -2.06. The van der Waals surface area contributed by atoms with Gasteiger partial charge in [-0.2, -0.15) is 0 Å². The molecule has 0 aliphatic heterocycles. The number of rotatable bonds is 5. The second-order valence-corrected chi connectivity index (χ2v) is 3.95. The first-order valence-electron chi connectivity index (χ1n) is 4.90. The summed E-state index contributed by atoms with van der Waals surface area (Å²) < 4.78 is 0. The second kappa shape index (κ2) is 5.66. The number of aliphatic carboxylic acids is 1. The second-order valence-electron chi connectivity index (χ2n) is 3.68. The summed E-state index contributed by atoms with van der Waals surface area (Å²) in [5.74, 6) is -0.946. The Kier molecular flexibility index (Phi) is 4.50. The van der Waals surface area contributed by atoms with E-state index in [0.29, 0.717) is 0 Å². The number of benzene rings is 1. The van der Waals surface area contributed by atoms with Gasteiger partial charge in [-0.25, -0.2) is 0 Å². The van der Waals surface area contributed by atoms with Crippen LogP contribution in [0.1, 0.15) is 16.7 Å². The first-order valence-corrected chi connectivity index (χ1v) is 5.44. The average molecular weight is 241 g/mol. The summed E-state index contributed by atoms with van der Waals surface area (Å²) in [6.45, 7) is 1.85. The molecule has 3 nitrogen and oxygen atoms in total. The zero-order valence-electron chi connectivity index (χ0n) is 9.00. The molecule has 16 heavy (non-hydrogen) atoms. The Bertz CT molecular complexity index is 413. The van der Waals surface area contributed by atoms with Gasteiger partial charge in [-0.3, -0.25) is 9.59 Å². The third kappa shape index (κ3) is 3.66. The van der Waals surface area contributed by atoms with Crippen molar-refractivity contribution in [1.29, 1.82) is 0 Å². The Morgan fingerprint density at radius 1 is 1.31 bits per heavy atom. The Morgan fingerprint density at radius 2 is 2.00 bits per heavy atom. The SMILES string of the molecule is Cc1ccc(CC(=O)CCl)cc1CC(=O)O. The molecule has 0 atom stereocenters. The molecule has 1 aromatic carbocycles. The van der Waals surface area contributed by atoms with Crippen LogP contribution in [-0.4, -0.2) is 22.7 Å². The lowest BCUT2D eigenvalue weighted by Crippen LogP contribution is -2.06.